The van der Waals surface area contributed by atoms with E-state index in [9.17, 15) is 0 Å². The maximum absolute atomic E-state index is 2.41. The summed E-state index contributed by atoms with van der Waals surface area (Å²) in [5, 5.41) is 0. The molecule has 0 saturated carbocycles. The van der Waals surface area contributed by atoms with Crippen LogP contribution in [0.1, 0.15) is 32.6 Å². The third-order valence-corrected chi connectivity index (χ3v) is 2.82. The molecule has 1 aliphatic rings. The molecule has 1 rings (SSSR count). The van der Waals surface area contributed by atoms with Gasteiger partial charge in [-0.1, -0.05) is 26.2 Å². The largest absolute Gasteiger partial charge is 0.395 e. The molecule has 0 aliphatic carbocycles. The van der Waals surface area contributed by atoms with Crippen molar-refractivity contribution in [3.63, 3.8) is 0 Å². The molecule has 12 heavy (non-hydrogen) atoms. The summed E-state index contributed by atoms with van der Waals surface area (Å²) in [5.41, 5.74) is 0. The summed E-state index contributed by atoms with van der Waals surface area (Å²) in [6.07, 6.45) is 9.89. The minimum absolute atomic E-state index is 1.14. The van der Waals surface area contributed by atoms with E-state index in [2.05, 4.69) is 28.8 Å². The van der Waals surface area contributed by atoms with E-state index in [-0.39, 0.29) is 0 Å². The van der Waals surface area contributed by atoms with Gasteiger partial charge in [0, 0.05) is 18.9 Å². The van der Waals surface area contributed by atoms with Crippen LogP contribution in [0.2, 0.25) is 0 Å². The van der Waals surface area contributed by atoms with Crippen LogP contribution >= 0.6 is 0 Å². The standard InChI is InChI=1S/C9H20N2Si/c1-2-3-4-5-6-10-7-8-11(12)9-10/h7-8H,2-6,9H2,1,12H3. The smallest absolute Gasteiger partial charge is 0.109 e. The Labute approximate surface area is 78.7 Å². The Bertz CT molecular complexity index is 147. The van der Waals surface area contributed by atoms with Gasteiger partial charge in [-0.15, -0.1) is 0 Å². The molecular formula is C9H20N2Si. The normalized spacial score (nSPS) is 16.4. The third-order valence-electron chi connectivity index (χ3n) is 2.24. The zero-order chi connectivity index (χ0) is 8.81. The fourth-order valence-electron chi connectivity index (χ4n) is 1.48. The molecule has 0 radical (unpaired) electrons. The molecule has 0 spiro atoms. The summed E-state index contributed by atoms with van der Waals surface area (Å²) < 4.78 is 2.35. The highest BCUT2D eigenvalue weighted by Crippen LogP contribution is 2.06. The van der Waals surface area contributed by atoms with Crippen molar-refractivity contribution in [3.8, 4) is 0 Å². The molecule has 0 N–H and O–H groups in total. The summed E-state index contributed by atoms with van der Waals surface area (Å²) in [5.74, 6) is 0. The number of rotatable bonds is 5. The predicted octanol–water partition coefficient (Wildman–Crippen LogP) is 0.893. The fourth-order valence-corrected chi connectivity index (χ4v) is 1.97. The molecule has 0 fully saturated rings. The summed E-state index contributed by atoms with van der Waals surface area (Å²) >= 11 is 0. The Morgan fingerprint density at radius 2 is 2.08 bits per heavy atom. The molecule has 0 atom stereocenters. The molecule has 0 unspecified atom stereocenters. The Kier molecular flexibility index (Phi) is 4.22. The minimum Gasteiger partial charge on any atom is -0.395 e. The second-order valence-corrected chi connectivity index (χ2v) is 4.72. The first-order chi connectivity index (χ1) is 5.83. The lowest BCUT2D eigenvalue weighted by atomic mass is 10.2. The molecule has 0 saturated heterocycles. The van der Waals surface area contributed by atoms with E-state index in [0.717, 1.165) is 17.1 Å². The molecular weight excluding hydrogens is 164 g/mol. The maximum atomic E-state index is 2.41. The second-order valence-electron chi connectivity index (χ2n) is 3.57. The fraction of sp³-hybridized carbons (Fsp3) is 0.778. The average molecular weight is 184 g/mol. The first-order valence-corrected chi connectivity index (χ1v) is 5.85. The molecule has 3 heteroatoms. The van der Waals surface area contributed by atoms with Gasteiger partial charge in [-0.05, 0) is 6.42 Å². The van der Waals surface area contributed by atoms with Crippen LogP contribution in [0, 0.1) is 0 Å². The highest BCUT2D eigenvalue weighted by molar-refractivity contribution is 6.05. The van der Waals surface area contributed by atoms with Crippen molar-refractivity contribution in [1.82, 2.24) is 9.47 Å². The van der Waals surface area contributed by atoms with Gasteiger partial charge in [0.2, 0.25) is 0 Å². The van der Waals surface area contributed by atoms with Gasteiger partial charge < -0.3 is 9.47 Å². The van der Waals surface area contributed by atoms with Crippen molar-refractivity contribution in [2.45, 2.75) is 32.6 Å². The zero-order valence-corrected chi connectivity index (χ0v) is 10.3. The van der Waals surface area contributed by atoms with E-state index in [1.165, 1.54) is 32.2 Å². The quantitative estimate of drug-likeness (QED) is 0.462. The Balaban J connectivity index is 1.98. The lowest BCUT2D eigenvalue weighted by molar-refractivity contribution is 0.332. The number of unbranched alkanes of at least 4 members (excludes halogenated alkanes) is 3. The highest BCUT2D eigenvalue weighted by atomic mass is 28.2. The van der Waals surface area contributed by atoms with Crippen LogP contribution in [0.15, 0.2) is 12.4 Å². The van der Waals surface area contributed by atoms with E-state index >= 15 is 0 Å². The second kappa shape index (κ2) is 5.25. The molecule has 1 aliphatic heterocycles. The topological polar surface area (TPSA) is 6.48 Å². The highest BCUT2D eigenvalue weighted by Gasteiger charge is 2.05. The van der Waals surface area contributed by atoms with Gasteiger partial charge in [0.15, 0.2) is 0 Å². The summed E-state index contributed by atoms with van der Waals surface area (Å²) in [6.45, 7) is 4.64. The van der Waals surface area contributed by atoms with Gasteiger partial charge >= 0.3 is 0 Å². The molecule has 0 aromatic carbocycles. The van der Waals surface area contributed by atoms with E-state index in [0.29, 0.717) is 0 Å². The van der Waals surface area contributed by atoms with Gasteiger partial charge in [0.05, 0.1) is 6.67 Å². The van der Waals surface area contributed by atoms with Crippen LogP contribution in [0.25, 0.3) is 0 Å². The van der Waals surface area contributed by atoms with Gasteiger partial charge in [0.1, 0.15) is 10.4 Å². The van der Waals surface area contributed by atoms with Crippen LogP contribution < -0.4 is 0 Å². The van der Waals surface area contributed by atoms with E-state index in [4.69, 9.17) is 0 Å². The summed E-state index contributed by atoms with van der Waals surface area (Å²) in [4.78, 5) is 2.41. The SMILES string of the molecule is CCCCCCN1C=CN([SiH3])C1. The molecule has 70 valence electrons. The Hall–Kier alpha value is -0.443. The molecule has 2 nitrogen and oxygen atoms in total. The van der Waals surface area contributed by atoms with Crippen LogP contribution in [0.4, 0.5) is 0 Å². The van der Waals surface area contributed by atoms with Gasteiger partial charge in [-0.2, -0.15) is 0 Å². The average Bonchev–Trinajstić information content (AvgIpc) is 2.45. The number of nitrogens with zero attached hydrogens (tertiary/aromatic N) is 2. The third kappa shape index (κ3) is 3.30. The van der Waals surface area contributed by atoms with Crippen molar-refractivity contribution >= 4 is 10.4 Å². The van der Waals surface area contributed by atoms with Crippen molar-refractivity contribution in [1.29, 1.82) is 0 Å². The van der Waals surface area contributed by atoms with E-state index < -0.39 is 0 Å². The van der Waals surface area contributed by atoms with Crippen LogP contribution in [0.5, 0.6) is 0 Å². The molecule has 0 aromatic heterocycles. The molecule has 0 amide bonds. The Morgan fingerprint density at radius 1 is 1.25 bits per heavy atom. The predicted molar refractivity (Wildman–Crippen MR) is 56.6 cm³/mol. The van der Waals surface area contributed by atoms with Crippen molar-refractivity contribution in [2.24, 2.45) is 0 Å². The molecule has 0 aromatic rings. The first kappa shape index (κ1) is 9.64. The monoisotopic (exact) mass is 184 g/mol. The van der Waals surface area contributed by atoms with Gasteiger partial charge in [-0.3, -0.25) is 0 Å². The lowest BCUT2D eigenvalue weighted by Gasteiger charge is -2.17. The number of hydrogen-bond acceptors (Lipinski definition) is 2. The van der Waals surface area contributed by atoms with Crippen molar-refractivity contribution in [3.05, 3.63) is 12.4 Å². The van der Waals surface area contributed by atoms with Crippen LogP contribution in [-0.2, 0) is 0 Å². The molecule has 0 bridgehead atoms. The van der Waals surface area contributed by atoms with Crippen LogP contribution in [-0.4, -0.2) is 33.1 Å². The van der Waals surface area contributed by atoms with E-state index in [1.807, 2.05) is 0 Å². The van der Waals surface area contributed by atoms with E-state index in [1.54, 1.807) is 0 Å². The lowest BCUT2D eigenvalue weighted by Crippen LogP contribution is -2.24. The van der Waals surface area contributed by atoms with Crippen molar-refractivity contribution < 1.29 is 0 Å². The molecule has 1 heterocycles. The van der Waals surface area contributed by atoms with Gasteiger partial charge in [0.25, 0.3) is 0 Å². The number of hydrogen-bond donors (Lipinski definition) is 0. The summed E-state index contributed by atoms with van der Waals surface area (Å²) in [7, 11) is 1.16. The summed E-state index contributed by atoms with van der Waals surface area (Å²) in [6, 6.07) is 0. The Morgan fingerprint density at radius 3 is 2.67 bits per heavy atom. The van der Waals surface area contributed by atoms with Crippen LogP contribution in [0.3, 0.4) is 0 Å². The first-order valence-electron chi connectivity index (χ1n) is 4.95. The zero-order valence-electron chi connectivity index (χ0n) is 8.29. The minimum atomic E-state index is 1.14. The maximum Gasteiger partial charge on any atom is 0.109 e. The van der Waals surface area contributed by atoms with Crippen molar-refractivity contribution in [2.75, 3.05) is 13.2 Å². The van der Waals surface area contributed by atoms with Gasteiger partial charge in [-0.25, -0.2) is 0 Å².